The molecule has 2 aromatic rings. The number of ether oxygens (including phenoxy) is 1. The molecular formula is C16H21NO2S. The summed E-state index contributed by atoms with van der Waals surface area (Å²) in [4.78, 5) is 1.36. The minimum Gasteiger partial charge on any atom is -0.386 e. The second kappa shape index (κ2) is 5.45. The van der Waals surface area contributed by atoms with E-state index in [0.29, 0.717) is 19.8 Å². The molecule has 1 aliphatic rings. The fourth-order valence-corrected chi connectivity index (χ4v) is 4.02. The Morgan fingerprint density at radius 3 is 2.95 bits per heavy atom. The first-order valence-electron chi connectivity index (χ1n) is 7.11. The molecule has 0 spiro atoms. The molecule has 108 valence electrons. The smallest absolute Gasteiger partial charge is 0.103 e. The highest BCUT2D eigenvalue weighted by Gasteiger charge is 2.32. The molecule has 2 atom stereocenters. The van der Waals surface area contributed by atoms with E-state index in [2.05, 4.69) is 43.4 Å². The Morgan fingerprint density at radius 2 is 2.25 bits per heavy atom. The van der Waals surface area contributed by atoms with Gasteiger partial charge in [0.05, 0.1) is 6.61 Å². The van der Waals surface area contributed by atoms with Crippen LogP contribution in [0.4, 0.5) is 0 Å². The van der Waals surface area contributed by atoms with Crippen LogP contribution < -0.4 is 5.32 Å². The molecule has 4 heteroatoms. The third kappa shape index (κ3) is 2.61. The van der Waals surface area contributed by atoms with E-state index in [4.69, 9.17) is 4.74 Å². The van der Waals surface area contributed by atoms with Crippen LogP contribution in [-0.2, 0) is 4.74 Å². The van der Waals surface area contributed by atoms with Crippen molar-refractivity contribution >= 4 is 21.4 Å². The SMILES string of the molecule is Cc1c(C(C)NCC2(O)CCOC2)sc2ccccc12. The number of benzene rings is 1. The van der Waals surface area contributed by atoms with Crippen LogP contribution in [0.1, 0.15) is 29.8 Å². The Balaban J connectivity index is 1.75. The maximum Gasteiger partial charge on any atom is 0.103 e. The zero-order valence-electron chi connectivity index (χ0n) is 12.0. The van der Waals surface area contributed by atoms with Crippen molar-refractivity contribution in [2.45, 2.75) is 31.9 Å². The zero-order valence-corrected chi connectivity index (χ0v) is 12.8. The molecule has 1 saturated heterocycles. The van der Waals surface area contributed by atoms with Crippen molar-refractivity contribution in [1.29, 1.82) is 0 Å². The summed E-state index contributed by atoms with van der Waals surface area (Å²) in [7, 11) is 0. The van der Waals surface area contributed by atoms with Gasteiger partial charge in [0.2, 0.25) is 0 Å². The van der Waals surface area contributed by atoms with Crippen LogP contribution >= 0.6 is 11.3 Å². The van der Waals surface area contributed by atoms with Gasteiger partial charge >= 0.3 is 0 Å². The molecule has 0 saturated carbocycles. The molecule has 0 bridgehead atoms. The maximum atomic E-state index is 10.3. The van der Waals surface area contributed by atoms with Gasteiger partial charge in [-0.15, -0.1) is 11.3 Å². The van der Waals surface area contributed by atoms with Crippen molar-refractivity contribution in [3.63, 3.8) is 0 Å². The number of nitrogens with one attached hydrogen (secondary N) is 1. The van der Waals surface area contributed by atoms with Crippen molar-refractivity contribution in [1.82, 2.24) is 5.32 Å². The highest BCUT2D eigenvalue weighted by Crippen LogP contribution is 2.34. The van der Waals surface area contributed by atoms with Crippen LogP contribution in [0.15, 0.2) is 24.3 Å². The first kappa shape index (κ1) is 14.0. The van der Waals surface area contributed by atoms with Crippen molar-refractivity contribution < 1.29 is 9.84 Å². The lowest BCUT2D eigenvalue weighted by Crippen LogP contribution is -2.41. The highest BCUT2D eigenvalue weighted by atomic mass is 32.1. The summed E-state index contributed by atoms with van der Waals surface area (Å²) in [5, 5.41) is 15.1. The van der Waals surface area contributed by atoms with Crippen LogP contribution in [0.2, 0.25) is 0 Å². The predicted octanol–water partition coefficient (Wildman–Crippen LogP) is 3.01. The number of rotatable bonds is 4. The van der Waals surface area contributed by atoms with E-state index in [0.717, 1.165) is 6.42 Å². The van der Waals surface area contributed by atoms with E-state index < -0.39 is 5.60 Å². The van der Waals surface area contributed by atoms with Crippen LogP contribution in [0.3, 0.4) is 0 Å². The van der Waals surface area contributed by atoms with E-state index in [1.807, 2.05) is 11.3 Å². The second-order valence-electron chi connectivity index (χ2n) is 5.72. The Morgan fingerprint density at radius 1 is 1.45 bits per heavy atom. The van der Waals surface area contributed by atoms with E-state index >= 15 is 0 Å². The number of hydrogen-bond acceptors (Lipinski definition) is 4. The monoisotopic (exact) mass is 291 g/mol. The minimum atomic E-state index is -0.696. The normalized spacial score (nSPS) is 24.4. The van der Waals surface area contributed by atoms with Gasteiger partial charge in [-0.25, -0.2) is 0 Å². The van der Waals surface area contributed by atoms with Gasteiger partial charge in [-0.1, -0.05) is 18.2 Å². The number of fused-ring (bicyclic) bond motifs is 1. The average Bonchev–Trinajstić information content (AvgIpc) is 3.02. The molecule has 1 aromatic carbocycles. The van der Waals surface area contributed by atoms with E-state index in [9.17, 15) is 5.11 Å². The molecule has 0 amide bonds. The molecule has 1 fully saturated rings. The third-order valence-electron chi connectivity index (χ3n) is 4.09. The first-order valence-corrected chi connectivity index (χ1v) is 7.92. The first-order chi connectivity index (χ1) is 9.59. The van der Waals surface area contributed by atoms with Gasteiger partial charge in [-0.3, -0.25) is 0 Å². The average molecular weight is 291 g/mol. The molecular weight excluding hydrogens is 270 g/mol. The van der Waals surface area contributed by atoms with Crippen molar-refractivity contribution in [2.75, 3.05) is 19.8 Å². The number of thiophene rings is 1. The molecule has 3 rings (SSSR count). The Hall–Kier alpha value is -0.940. The van der Waals surface area contributed by atoms with Gasteiger partial charge in [-0.05, 0) is 30.9 Å². The molecule has 0 aliphatic carbocycles. The van der Waals surface area contributed by atoms with Crippen molar-refractivity contribution in [3.05, 3.63) is 34.7 Å². The second-order valence-corrected chi connectivity index (χ2v) is 6.80. The van der Waals surface area contributed by atoms with Gasteiger partial charge in [0.1, 0.15) is 5.60 Å². The van der Waals surface area contributed by atoms with Crippen LogP contribution in [0.5, 0.6) is 0 Å². The van der Waals surface area contributed by atoms with Crippen molar-refractivity contribution in [2.24, 2.45) is 0 Å². The molecule has 2 heterocycles. The van der Waals surface area contributed by atoms with Crippen LogP contribution in [0, 0.1) is 6.92 Å². The van der Waals surface area contributed by atoms with Crippen LogP contribution in [-0.4, -0.2) is 30.5 Å². The lowest BCUT2D eigenvalue weighted by Gasteiger charge is -2.23. The third-order valence-corrected chi connectivity index (χ3v) is 5.55. The van der Waals surface area contributed by atoms with Gasteiger partial charge in [0.25, 0.3) is 0 Å². The highest BCUT2D eigenvalue weighted by molar-refractivity contribution is 7.19. The Labute approximate surface area is 123 Å². The van der Waals surface area contributed by atoms with Gasteiger partial charge in [0.15, 0.2) is 0 Å². The standard InChI is InChI=1S/C16H21NO2S/c1-11-13-5-3-4-6-14(13)20-15(11)12(2)17-9-16(18)7-8-19-10-16/h3-6,12,17-18H,7-10H2,1-2H3. The number of hydrogen-bond donors (Lipinski definition) is 2. The summed E-state index contributed by atoms with van der Waals surface area (Å²) in [6.45, 7) is 6.03. The fraction of sp³-hybridized carbons (Fsp3) is 0.500. The molecule has 1 aromatic heterocycles. The summed E-state index contributed by atoms with van der Waals surface area (Å²) in [5.41, 5.74) is 0.652. The lowest BCUT2D eigenvalue weighted by atomic mass is 10.0. The predicted molar refractivity (Wildman–Crippen MR) is 83.4 cm³/mol. The molecule has 2 N–H and O–H groups in total. The topological polar surface area (TPSA) is 41.5 Å². The fourth-order valence-electron chi connectivity index (χ4n) is 2.78. The molecule has 0 radical (unpaired) electrons. The number of aliphatic hydroxyl groups is 1. The number of aryl methyl sites for hydroxylation is 1. The summed E-state index contributed by atoms with van der Waals surface area (Å²) in [6.07, 6.45) is 0.720. The Kier molecular flexibility index (Phi) is 3.82. The van der Waals surface area contributed by atoms with Gasteiger partial charge in [-0.2, -0.15) is 0 Å². The van der Waals surface area contributed by atoms with E-state index in [-0.39, 0.29) is 6.04 Å². The molecule has 2 unspecified atom stereocenters. The Bertz CT molecular complexity index is 602. The minimum absolute atomic E-state index is 0.247. The largest absolute Gasteiger partial charge is 0.386 e. The summed E-state index contributed by atoms with van der Waals surface area (Å²) in [5.74, 6) is 0. The molecule has 20 heavy (non-hydrogen) atoms. The van der Waals surface area contributed by atoms with Crippen LogP contribution in [0.25, 0.3) is 10.1 Å². The maximum absolute atomic E-state index is 10.3. The lowest BCUT2D eigenvalue weighted by molar-refractivity contribution is 0.0252. The summed E-state index contributed by atoms with van der Waals surface area (Å²) in [6, 6.07) is 8.76. The van der Waals surface area contributed by atoms with Gasteiger partial charge < -0.3 is 15.2 Å². The summed E-state index contributed by atoms with van der Waals surface area (Å²) >= 11 is 1.84. The summed E-state index contributed by atoms with van der Waals surface area (Å²) < 4.78 is 6.61. The quantitative estimate of drug-likeness (QED) is 0.910. The molecule has 3 nitrogen and oxygen atoms in total. The van der Waals surface area contributed by atoms with E-state index in [1.54, 1.807) is 0 Å². The molecule has 1 aliphatic heterocycles. The van der Waals surface area contributed by atoms with Gasteiger partial charge in [0, 0.05) is 35.2 Å². The zero-order chi connectivity index (χ0) is 14.2. The van der Waals surface area contributed by atoms with E-state index in [1.165, 1.54) is 20.5 Å². The van der Waals surface area contributed by atoms with Crippen molar-refractivity contribution in [3.8, 4) is 0 Å².